The second-order valence-corrected chi connectivity index (χ2v) is 5.34. The molecule has 1 aliphatic rings. The zero-order valence-electron chi connectivity index (χ0n) is 10.9. The number of hydrogen-bond donors (Lipinski definition) is 2. The summed E-state index contributed by atoms with van der Waals surface area (Å²) in [6, 6.07) is 5.73. The molecule has 1 atom stereocenters. The molecule has 1 aromatic heterocycles. The summed E-state index contributed by atoms with van der Waals surface area (Å²) in [6.45, 7) is 1.21. The van der Waals surface area contributed by atoms with Crippen LogP contribution in [0.25, 0.3) is 11.0 Å². The van der Waals surface area contributed by atoms with Crippen LogP contribution in [0.1, 0.15) is 23.9 Å². The molecule has 1 unspecified atom stereocenters. The molecule has 0 saturated heterocycles. The van der Waals surface area contributed by atoms with Crippen molar-refractivity contribution in [1.29, 1.82) is 0 Å². The maximum Gasteiger partial charge on any atom is 0.371 e. The fourth-order valence-corrected chi connectivity index (χ4v) is 2.14. The van der Waals surface area contributed by atoms with E-state index < -0.39 is 29.6 Å². The minimum absolute atomic E-state index is 0.228. The average Bonchev–Trinajstić information content (AvgIpc) is 2.75. The van der Waals surface area contributed by atoms with Crippen LogP contribution in [0.15, 0.2) is 28.7 Å². The predicted molar refractivity (Wildman–Crippen MR) is 69.5 cm³/mol. The molecule has 3 rings (SSSR count). The number of carbonyl (C=O) groups is 2. The maximum atomic E-state index is 13.1. The minimum Gasteiger partial charge on any atom is -0.475 e. The van der Waals surface area contributed by atoms with Gasteiger partial charge in [0.25, 0.3) is 5.92 Å². The highest BCUT2D eigenvalue weighted by atomic mass is 19.3. The Labute approximate surface area is 117 Å². The summed E-state index contributed by atoms with van der Waals surface area (Å²) in [7, 11) is 0. The first-order valence-corrected chi connectivity index (χ1v) is 6.19. The van der Waals surface area contributed by atoms with Gasteiger partial charge in [-0.25, -0.2) is 13.6 Å². The van der Waals surface area contributed by atoms with Gasteiger partial charge in [0.2, 0.25) is 11.7 Å². The molecule has 0 radical (unpaired) electrons. The highest BCUT2D eigenvalue weighted by Gasteiger charge is 2.72. The molecule has 1 amide bonds. The molecule has 110 valence electrons. The van der Waals surface area contributed by atoms with Gasteiger partial charge in [0.1, 0.15) is 11.0 Å². The lowest BCUT2D eigenvalue weighted by atomic mass is 10.1. The fourth-order valence-electron chi connectivity index (χ4n) is 2.14. The van der Waals surface area contributed by atoms with Crippen LogP contribution >= 0.6 is 0 Å². The van der Waals surface area contributed by atoms with Gasteiger partial charge in [-0.05, 0) is 31.2 Å². The van der Waals surface area contributed by atoms with Gasteiger partial charge in [-0.3, -0.25) is 4.79 Å². The third-order valence-corrected chi connectivity index (χ3v) is 3.74. The summed E-state index contributed by atoms with van der Waals surface area (Å²) in [6.07, 6.45) is -0.469. The molecular weight excluding hydrogens is 284 g/mol. The third kappa shape index (κ3) is 2.05. The molecule has 1 aliphatic carbocycles. The second kappa shape index (κ2) is 4.03. The first kappa shape index (κ1) is 13.5. The number of fused-ring (bicyclic) bond motifs is 1. The van der Waals surface area contributed by atoms with Gasteiger partial charge in [-0.2, -0.15) is 0 Å². The predicted octanol–water partition coefficient (Wildman–Crippen LogP) is 3.11. The van der Waals surface area contributed by atoms with E-state index in [1.54, 1.807) is 0 Å². The summed E-state index contributed by atoms with van der Waals surface area (Å²) in [5, 5.41) is 11.7. The molecule has 1 aromatic carbocycles. The number of rotatable bonds is 3. The topological polar surface area (TPSA) is 79.5 Å². The Morgan fingerprint density at radius 1 is 1.33 bits per heavy atom. The van der Waals surface area contributed by atoms with Gasteiger partial charge in [-0.15, -0.1) is 0 Å². The van der Waals surface area contributed by atoms with E-state index in [0.717, 1.165) is 0 Å². The Morgan fingerprint density at radius 3 is 2.57 bits per heavy atom. The molecule has 0 bridgehead atoms. The Bertz CT molecular complexity index is 767. The van der Waals surface area contributed by atoms with E-state index >= 15 is 0 Å². The molecule has 1 fully saturated rings. The van der Waals surface area contributed by atoms with Crippen LogP contribution in [0.4, 0.5) is 14.5 Å². The van der Waals surface area contributed by atoms with Crippen LogP contribution in [-0.4, -0.2) is 22.9 Å². The van der Waals surface area contributed by atoms with E-state index in [9.17, 15) is 18.4 Å². The molecule has 21 heavy (non-hydrogen) atoms. The number of hydrogen-bond acceptors (Lipinski definition) is 3. The number of carboxylic acids is 1. The molecular formula is C14H11F2NO4. The number of anilines is 1. The lowest BCUT2D eigenvalue weighted by Gasteiger charge is -2.11. The van der Waals surface area contributed by atoms with Crippen molar-refractivity contribution in [2.45, 2.75) is 19.3 Å². The van der Waals surface area contributed by atoms with Gasteiger partial charge in [0.05, 0.1) is 0 Å². The number of benzene rings is 1. The highest BCUT2D eigenvalue weighted by molar-refractivity contribution is 6.00. The second-order valence-electron chi connectivity index (χ2n) is 5.34. The van der Waals surface area contributed by atoms with Crippen molar-refractivity contribution in [3.8, 4) is 0 Å². The summed E-state index contributed by atoms with van der Waals surface area (Å²) in [5.41, 5.74) is -1.02. The Kier molecular flexibility index (Phi) is 2.60. The number of furan rings is 1. The first-order valence-electron chi connectivity index (χ1n) is 6.19. The molecule has 1 heterocycles. The van der Waals surface area contributed by atoms with Gasteiger partial charge in [0.15, 0.2) is 0 Å². The zero-order chi connectivity index (χ0) is 15.4. The summed E-state index contributed by atoms with van der Waals surface area (Å²) < 4.78 is 31.3. The smallest absolute Gasteiger partial charge is 0.371 e. The monoisotopic (exact) mass is 295 g/mol. The third-order valence-electron chi connectivity index (χ3n) is 3.74. The first-order chi connectivity index (χ1) is 9.73. The zero-order valence-corrected chi connectivity index (χ0v) is 10.9. The van der Waals surface area contributed by atoms with Crippen molar-refractivity contribution in [3.63, 3.8) is 0 Å². The lowest BCUT2D eigenvalue weighted by Crippen LogP contribution is -2.26. The van der Waals surface area contributed by atoms with E-state index in [2.05, 4.69) is 5.32 Å². The van der Waals surface area contributed by atoms with Gasteiger partial charge >= 0.3 is 5.97 Å². The van der Waals surface area contributed by atoms with Gasteiger partial charge in [0, 0.05) is 17.5 Å². The van der Waals surface area contributed by atoms with Crippen LogP contribution in [0.2, 0.25) is 0 Å². The lowest BCUT2D eigenvalue weighted by molar-refractivity contribution is -0.123. The summed E-state index contributed by atoms with van der Waals surface area (Å²) >= 11 is 0. The largest absolute Gasteiger partial charge is 0.475 e. The standard InChI is InChI=1S/C14H11F2NO4/c1-13(6-14(13,15)16)12(20)17-8-2-3-9-7(4-8)5-10(21-9)11(18)19/h2-5H,6H2,1H3,(H,17,20)(H,18,19). The summed E-state index contributed by atoms with van der Waals surface area (Å²) in [4.78, 5) is 22.7. The van der Waals surface area contributed by atoms with E-state index in [1.165, 1.54) is 31.2 Å². The number of halogens is 2. The number of alkyl halides is 2. The van der Waals surface area contributed by atoms with E-state index in [1.807, 2.05) is 0 Å². The van der Waals surface area contributed by atoms with E-state index in [-0.39, 0.29) is 5.76 Å². The molecule has 5 nitrogen and oxygen atoms in total. The number of amides is 1. The molecule has 7 heteroatoms. The van der Waals surface area contributed by atoms with Crippen LogP contribution in [0.5, 0.6) is 0 Å². The highest BCUT2D eigenvalue weighted by Crippen LogP contribution is 2.60. The van der Waals surface area contributed by atoms with E-state index in [4.69, 9.17) is 9.52 Å². The van der Waals surface area contributed by atoms with Crippen molar-refractivity contribution in [2.24, 2.45) is 5.41 Å². The molecule has 0 aliphatic heterocycles. The van der Waals surface area contributed by atoms with Crippen molar-refractivity contribution < 1.29 is 27.9 Å². The van der Waals surface area contributed by atoms with E-state index in [0.29, 0.717) is 16.7 Å². The number of nitrogens with one attached hydrogen (secondary N) is 1. The SMILES string of the molecule is CC1(C(=O)Nc2ccc3oc(C(=O)O)cc3c2)CC1(F)F. The number of aromatic carboxylic acids is 1. The number of carboxylic acid groups (broad SMARTS) is 1. The van der Waals surface area contributed by atoms with Crippen LogP contribution in [-0.2, 0) is 4.79 Å². The fraction of sp³-hybridized carbons (Fsp3) is 0.286. The average molecular weight is 295 g/mol. The summed E-state index contributed by atoms with van der Waals surface area (Å²) in [5.74, 6) is -5.17. The minimum atomic E-state index is -2.98. The molecule has 0 spiro atoms. The Hall–Kier alpha value is -2.44. The molecule has 2 aromatic rings. The van der Waals surface area contributed by atoms with Crippen LogP contribution in [0.3, 0.4) is 0 Å². The normalized spacial score (nSPS) is 23.0. The van der Waals surface area contributed by atoms with Crippen LogP contribution < -0.4 is 5.32 Å². The van der Waals surface area contributed by atoms with Crippen molar-refractivity contribution >= 4 is 28.5 Å². The number of carbonyl (C=O) groups excluding carboxylic acids is 1. The maximum absolute atomic E-state index is 13.1. The molecule has 2 N–H and O–H groups in total. The van der Waals surface area contributed by atoms with Gasteiger partial charge in [-0.1, -0.05) is 0 Å². The van der Waals surface area contributed by atoms with Crippen molar-refractivity contribution in [3.05, 3.63) is 30.0 Å². The Balaban J connectivity index is 1.85. The van der Waals surface area contributed by atoms with Crippen LogP contribution in [0, 0.1) is 5.41 Å². The Morgan fingerprint density at radius 2 is 2.00 bits per heavy atom. The van der Waals surface area contributed by atoms with Crippen molar-refractivity contribution in [2.75, 3.05) is 5.32 Å². The quantitative estimate of drug-likeness (QED) is 0.911. The van der Waals surface area contributed by atoms with Crippen molar-refractivity contribution in [1.82, 2.24) is 0 Å². The molecule has 1 saturated carbocycles. The van der Waals surface area contributed by atoms with Gasteiger partial charge < -0.3 is 14.8 Å².